The molecule has 0 aliphatic heterocycles. The first-order valence-corrected chi connectivity index (χ1v) is 21.9. The van der Waals surface area contributed by atoms with E-state index in [0.717, 1.165) is 5.56 Å². The molecule has 0 bridgehead atoms. The van der Waals surface area contributed by atoms with Gasteiger partial charge in [-0.2, -0.15) is 24.4 Å². The third kappa shape index (κ3) is 21.1. The number of guanidine groups is 1. The van der Waals surface area contributed by atoms with E-state index in [4.69, 9.17) is 17.2 Å². The second kappa shape index (κ2) is 28.8. The lowest BCUT2D eigenvalue weighted by Crippen LogP contribution is -2.61. The lowest BCUT2D eigenvalue weighted by molar-refractivity contribution is -0.143. The Morgan fingerprint density at radius 1 is 0.717 bits per heavy atom. The van der Waals surface area contributed by atoms with Crippen molar-refractivity contribution in [1.82, 2.24) is 31.9 Å². The Morgan fingerprint density at radius 2 is 1.25 bits per heavy atom. The van der Waals surface area contributed by atoms with E-state index in [9.17, 15) is 43.8 Å². The number of thioether (sulfide) groups is 1. The summed E-state index contributed by atoms with van der Waals surface area (Å²) in [4.78, 5) is 96.3. The molecule has 0 saturated carbocycles. The molecule has 0 aromatic heterocycles. The molecule has 14 N–H and O–H groups in total. The molecule has 0 aliphatic carbocycles. The Morgan fingerprint density at radius 3 is 1.78 bits per heavy atom. The number of hydrogen-bond donors (Lipinski definition) is 12. The molecule has 60 heavy (non-hydrogen) atoms. The van der Waals surface area contributed by atoms with Crippen molar-refractivity contribution >= 4 is 71.8 Å². The van der Waals surface area contributed by atoms with Crippen LogP contribution in [0.15, 0.2) is 35.3 Å². The summed E-state index contributed by atoms with van der Waals surface area (Å²) in [5, 5.41) is 34.8. The fourth-order valence-corrected chi connectivity index (χ4v) is 6.56. The first-order chi connectivity index (χ1) is 28.3. The van der Waals surface area contributed by atoms with E-state index in [0.29, 0.717) is 31.6 Å². The molecule has 0 saturated heterocycles. The summed E-state index contributed by atoms with van der Waals surface area (Å²) in [6, 6.07) is 1.63. The van der Waals surface area contributed by atoms with Crippen LogP contribution in [-0.4, -0.2) is 130 Å². The molecule has 1 unspecified atom stereocenters. The second-order valence-electron chi connectivity index (χ2n) is 14.9. The Kier molecular flexibility index (Phi) is 25.6. The highest BCUT2D eigenvalue weighted by molar-refractivity contribution is 7.98. The Balaban J connectivity index is 3.15. The number of nitrogens with one attached hydrogen (secondary N) is 6. The van der Waals surface area contributed by atoms with E-state index in [-0.39, 0.29) is 50.5 Å². The summed E-state index contributed by atoms with van der Waals surface area (Å²) in [5.74, 6) is -5.43. The van der Waals surface area contributed by atoms with Crippen LogP contribution in [0, 0.1) is 5.92 Å². The van der Waals surface area contributed by atoms with E-state index >= 15 is 0 Å². The minimum absolute atomic E-state index is 0.0385. The zero-order chi connectivity index (χ0) is 45.4. The molecule has 0 spiro atoms. The van der Waals surface area contributed by atoms with Crippen molar-refractivity contribution in [2.75, 3.05) is 25.1 Å². The highest BCUT2D eigenvalue weighted by atomic mass is 32.2. The number of rotatable bonds is 29. The van der Waals surface area contributed by atoms with Gasteiger partial charge in [-0.3, -0.25) is 33.8 Å². The molecular formula is C39H66N10O9S2. The van der Waals surface area contributed by atoms with Crippen LogP contribution >= 0.6 is 24.4 Å². The minimum atomic E-state index is -1.59. The summed E-state index contributed by atoms with van der Waals surface area (Å²) < 4.78 is 0. The van der Waals surface area contributed by atoms with Gasteiger partial charge in [0.05, 0.1) is 11.4 Å². The van der Waals surface area contributed by atoms with Crippen LogP contribution < -0.4 is 49.1 Å². The van der Waals surface area contributed by atoms with E-state index in [1.165, 1.54) is 25.6 Å². The molecule has 0 heterocycles. The molecule has 0 radical (unpaired) electrons. The molecule has 0 aliphatic rings. The maximum atomic E-state index is 13.7. The van der Waals surface area contributed by atoms with Crippen molar-refractivity contribution in [1.29, 1.82) is 0 Å². The number of aliphatic hydroxyl groups excluding tert-OH is 1. The van der Waals surface area contributed by atoms with E-state index in [2.05, 4.69) is 49.5 Å². The summed E-state index contributed by atoms with van der Waals surface area (Å²) in [7, 11) is 0. The van der Waals surface area contributed by atoms with Crippen LogP contribution in [0.25, 0.3) is 0 Å². The zero-order valence-corrected chi connectivity index (χ0v) is 36.9. The van der Waals surface area contributed by atoms with Gasteiger partial charge in [-0.05, 0) is 95.2 Å². The summed E-state index contributed by atoms with van der Waals surface area (Å²) in [5.41, 5.74) is 17.4. The first kappa shape index (κ1) is 53.4. The molecule has 1 aromatic rings. The van der Waals surface area contributed by atoms with Gasteiger partial charge in [0.2, 0.25) is 35.4 Å². The summed E-state index contributed by atoms with van der Waals surface area (Å²) in [6.45, 7) is 6.69. The van der Waals surface area contributed by atoms with Crippen LogP contribution in [0.1, 0.15) is 78.2 Å². The largest absolute Gasteiger partial charge is 0.480 e. The van der Waals surface area contributed by atoms with Crippen LogP contribution in [0.4, 0.5) is 0 Å². The molecule has 338 valence electrons. The van der Waals surface area contributed by atoms with Gasteiger partial charge >= 0.3 is 5.97 Å². The highest BCUT2D eigenvalue weighted by Gasteiger charge is 2.34. The Bertz CT molecular complexity index is 1570. The predicted octanol–water partition coefficient (Wildman–Crippen LogP) is -1.10. The van der Waals surface area contributed by atoms with Crippen molar-refractivity contribution in [3.05, 3.63) is 35.9 Å². The highest BCUT2D eigenvalue weighted by Crippen LogP contribution is 2.11. The number of carbonyl (C=O) groups is 7. The second-order valence-corrected chi connectivity index (χ2v) is 16.5. The molecular weight excluding hydrogens is 817 g/mol. The molecule has 1 rings (SSSR count). The molecule has 21 heteroatoms. The molecule has 0 fully saturated rings. The third-order valence-corrected chi connectivity index (χ3v) is 10.2. The van der Waals surface area contributed by atoms with Crippen molar-refractivity contribution in [2.24, 2.45) is 28.1 Å². The smallest absolute Gasteiger partial charge is 0.326 e. The van der Waals surface area contributed by atoms with Gasteiger partial charge in [-0.1, -0.05) is 44.2 Å². The number of nitrogens with zero attached hydrogens (tertiary/aromatic N) is 1. The average molecular weight is 883 g/mol. The van der Waals surface area contributed by atoms with E-state index in [1.54, 1.807) is 0 Å². The van der Waals surface area contributed by atoms with Crippen LogP contribution in [0.3, 0.4) is 0 Å². The molecule has 6 amide bonds. The monoisotopic (exact) mass is 882 g/mol. The minimum Gasteiger partial charge on any atom is -0.480 e. The fraction of sp³-hybridized carbons (Fsp3) is 0.641. The van der Waals surface area contributed by atoms with Gasteiger partial charge in [0.1, 0.15) is 36.3 Å². The number of amides is 6. The van der Waals surface area contributed by atoms with Gasteiger partial charge in [-0.15, -0.1) is 0 Å². The summed E-state index contributed by atoms with van der Waals surface area (Å²) in [6.07, 6.45) is 2.31. The van der Waals surface area contributed by atoms with Crippen LogP contribution in [0.5, 0.6) is 0 Å². The normalized spacial score (nSPS) is 15.1. The van der Waals surface area contributed by atoms with E-state index < -0.39 is 89.0 Å². The topological polar surface area (TPSA) is 323 Å². The van der Waals surface area contributed by atoms with Gasteiger partial charge < -0.3 is 59.3 Å². The number of aliphatic hydroxyl groups is 1. The predicted molar refractivity (Wildman–Crippen MR) is 235 cm³/mol. The lowest BCUT2D eigenvalue weighted by Gasteiger charge is -2.28. The standard InChI is InChI=1S/C39H66N10O9S2/c1-22(2)20-29(38(57)58)48-35(54)28(16-19-60-5)45-34(53)26(14-9-10-17-40)47-37(56)31(24(4)50)49-32(51)23(3)44-33(52)27(15-11-18-43-39(41)42)46-36(55)30(59)21-25-12-7-6-8-13-25/h6-8,12-13,22-24,26-31,50,59H,9-11,14-21,40H2,1-5H3,(H,44,52)(H,45,53)(H,46,55)(H,47,56)(H,48,54)(H,49,51)(H,57,58)(H4,41,42,43)/t23-,24+,26-,27-,28-,29-,30?,31-/m0/s1. The van der Waals surface area contributed by atoms with Crippen molar-refractivity contribution in [3.63, 3.8) is 0 Å². The summed E-state index contributed by atoms with van der Waals surface area (Å²) >= 11 is 5.84. The maximum Gasteiger partial charge on any atom is 0.326 e. The number of aliphatic imine (C=N–C) groups is 1. The molecule has 19 nitrogen and oxygen atoms in total. The van der Waals surface area contributed by atoms with Crippen molar-refractivity contribution in [3.8, 4) is 0 Å². The number of carboxylic acids is 1. The molecule has 8 atom stereocenters. The quantitative estimate of drug-likeness (QED) is 0.0197. The van der Waals surface area contributed by atoms with Gasteiger partial charge in [0.25, 0.3) is 0 Å². The first-order valence-electron chi connectivity index (χ1n) is 20.0. The number of hydrogen-bond acceptors (Lipinski definition) is 12. The van der Waals surface area contributed by atoms with Gasteiger partial charge in [0.15, 0.2) is 5.96 Å². The lowest BCUT2D eigenvalue weighted by atomic mass is 10.0. The fourth-order valence-electron chi connectivity index (χ4n) is 5.80. The number of carbonyl (C=O) groups excluding carboxylic acids is 6. The Labute approximate surface area is 362 Å². The van der Waals surface area contributed by atoms with Gasteiger partial charge in [0, 0.05) is 6.54 Å². The van der Waals surface area contributed by atoms with Crippen LogP contribution in [-0.2, 0) is 40.0 Å². The number of unbranched alkanes of at least 4 members (excludes halogenated alkanes) is 1. The van der Waals surface area contributed by atoms with Gasteiger partial charge in [-0.25, -0.2) is 4.79 Å². The SMILES string of the molecule is CSCC[C@H](NC(=O)[C@H](CCCCN)NC(=O)[C@@H](NC(=O)[C@H](C)NC(=O)[C@H](CCCN=C(N)N)NC(=O)C(S)Cc1ccccc1)[C@@H](C)O)C(=O)N[C@@H](CC(C)C)C(=O)O. The molecule has 1 aromatic carbocycles. The Hall–Kier alpha value is -4.60. The zero-order valence-electron chi connectivity index (χ0n) is 35.1. The number of nitrogens with two attached hydrogens (primary N) is 3. The average Bonchev–Trinajstić information content (AvgIpc) is 3.18. The maximum absolute atomic E-state index is 13.7. The van der Waals surface area contributed by atoms with Crippen molar-refractivity contribution < 1.29 is 43.8 Å². The van der Waals surface area contributed by atoms with Crippen molar-refractivity contribution in [2.45, 2.75) is 127 Å². The number of thiol groups is 1. The number of aliphatic carboxylic acids is 1. The third-order valence-electron chi connectivity index (χ3n) is 9.11. The number of benzene rings is 1. The van der Waals surface area contributed by atoms with Crippen LogP contribution in [0.2, 0.25) is 0 Å². The van der Waals surface area contributed by atoms with E-state index in [1.807, 2.05) is 50.4 Å². The number of carboxylic acid groups (broad SMARTS) is 1.